The Bertz CT molecular complexity index is 581. The molecule has 3 heteroatoms. The molecule has 0 aromatic heterocycles. The Hall–Kier alpha value is -1.84. The molecule has 2 nitrogen and oxygen atoms in total. The van der Waals surface area contributed by atoms with Gasteiger partial charge in [0.2, 0.25) is 0 Å². The van der Waals surface area contributed by atoms with E-state index in [9.17, 15) is 4.79 Å². The zero-order valence-corrected chi connectivity index (χ0v) is 12.6. The first-order valence-corrected chi connectivity index (χ1v) is 7.87. The van der Waals surface area contributed by atoms with Crippen LogP contribution in [0.5, 0.6) is 0 Å². The van der Waals surface area contributed by atoms with Crippen LogP contribution in [0.15, 0.2) is 66.1 Å². The van der Waals surface area contributed by atoms with Gasteiger partial charge in [0.1, 0.15) is 5.78 Å². The number of carbonyl (C=O) groups excluding carboxylic acids is 1. The second kappa shape index (κ2) is 8.45. The molecule has 0 aliphatic carbocycles. The van der Waals surface area contributed by atoms with Gasteiger partial charge in [0.15, 0.2) is 0 Å². The second-order valence-electron chi connectivity index (χ2n) is 4.70. The van der Waals surface area contributed by atoms with Gasteiger partial charge in [-0.15, -0.1) is 11.8 Å². The summed E-state index contributed by atoms with van der Waals surface area (Å²) < 4.78 is 0. The predicted molar refractivity (Wildman–Crippen MR) is 90.9 cm³/mol. The number of hydrogen-bond donors (Lipinski definition) is 1. The minimum Gasteiger partial charge on any atom is -0.324 e. The van der Waals surface area contributed by atoms with Crippen molar-refractivity contribution in [2.24, 2.45) is 5.73 Å². The lowest BCUT2D eigenvalue weighted by Gasteiger charge is -2.13. The van der Waals surface area contributed by atoms with Crippen molar-refractivity contribution in [3.05, 3.63) is 77.2 Å². The maximum Gasteiger partial charge on any atom is 0.147 e. The number of carbonyl (C=O) groups is 1. The zero-order valence-electron chi connectivity index (χ0n) is 11.8. The van der Waals surface area contributed by atoms with Crippen molar-refractivity contribution in [3.8, 4) is 0 Å². The molecule has 0 fully saturated rings. The molecule has 0 aliphatic rings. The largest absolute Gasteiger partial charge is 0.324 e. The molecule has 0 radical (unpaired) electrons. The molecule has 1 unspecified atom stereocenters. The molecule has 2 rings (SSSR count). The van der Waals surface area contributed by atoms with E-state index in [-0.39, 0.29) is 17.6 Å². The molecule has 2 N–H and O–H groups in total. The highest BCUT2D eigenvalue weighted by atomic mass is 32.2. The summed E-state index contributed by atoms with van der Waals surface area (Å²) in [5, 5.41) is 2.17. The fraction of sp³-hybridized carbons (Fsp3) is 0.167. The van der Waals surface area contributed by atoms with Crippen LogP contribution in [0.2, 0.25) is 0 Å². The molecular weight excluding hydrogens is 278 g/mol. The van der Waals surface area contributed by atoms with E-state index < -0.39 is 0 Å². The van der Waals surface area contributed by atoms with Crippen molar-refractivity contribution in [2.75, 3.05) is 6.54 Å². The third kappa shape index (κ3) is 5.21. The normalized spacial score (nSPS) is 12.4. The smallest absolute Gasteiger partial charge is 0.147 e. The number of rotatable bonds is 7. The number of nitrogens with two attached hydrogens (primary N) is 1. The molecule has 0 aliphatic heterocycles. The van der Waals surface area contributed by atoms with Crippen molar-refractivity contribution < 1.29 is 4.79 Å². The number of benzene rings is 2. The van der Waals surface area contributed by atoms with Gasteiger partial charge in [-0.05, 0) is 22.6 Å². The number of thioether (sulfide) groups is 1. The molecule has 0 saturated heterocycles. The third-order valence-electron chi connectivity index (χ3n) is 3.11. The Morgan fingerprint density at radius 1 is 1.05 bits per heavy atom. The third-order valence-corrected chi connectivity index (χ3v) is 4.18. The molecule has 1 atom stereocenters. The highest BCUT2D eigenvalue weighted by molar-refractivity contribution is 8.02. The van der Waals surface area contributed by atoms with Crippen molar-refractivity contribution in [1.29, 1.82) is 0 Å². The summed E-state index contributed by atoms with van der Waals surface area (Å²) in [5.74, 6) is 0.0875. The van der Waals surface area contributed by atoms with E-state index in [0.29, 0.717) is 6.42 Å². The first-order valence-electron chi connectivity index (χ1n) is 6.93. The van der Waals surface area contributed by atoms with Gasteiger partial charge < -0.3 is 5.73 Å². The highest BCUT2D eigenvalue weighted by Crippen LogP contribution is 2.33. The number of ketones is 1. The molecule has 0 spiro atoms. The summed E-state index contributed by atoms with van der Waals surface area (Å²) in [6.07, 6.45) is 2.53. The molecule has 0 saturated carbocycles. The lowest BCUT2D eigenvalue weighted by Crippen LogP contribution is -2.15. The van der Waals surface area contributed by atoms with E-state index in [2.05, 4.69) is 35.7 Å². The number of Topliss-reactive ketones (excluding diaryl/α,β-unsaturated/α-hetero) is 1. The Labute approximate surface area is 130 Å². The van der Waals surface area contributed by atoms with Gasteiger partial charge in [-0.25, -0.2) is 0 Å². The lowest BCUT2D eigenvalue weighted by atomic mass is 10.1. The zero-order chi connectivity index (χ0) is 14.9. The van der Waals surface area contributed by atoms with Crippen molar-refractivity contribution >= 4 is 23.6 Å². The molecule has 2 aromatic carbocycles. The molecular formula is C18H19NOS. The van der Waals surface area contributed by atoms with Crippen LogP contribution in [0, 0.1) is 0 Å². The van der Waals surface area contributed by atoms with Crippen LogP contribution in [0.25, 0.3) is 6.08 Å². The first kappa shape index (κ1) is 15.5. The highest BCUT2D eigenvalue weighted by Gasteiger charge is 2.14. The SMILES string of the molecule is NCC(=O)CC(SC=Cc1ccccc1)c1ccccc1. The summed E-state index contributed by atoms with van der Waals surface area (Å²) in [4.78, 5) is 11.7. The summed E-state index contributed by atoms with van der Waals surface area (Å²) in [6.45, 7) is 0.103. The molecule has 0 bridgehead atoms. The van der Waals surface area contributed by atoms with Crippen molar-refractivity contribution in [2.45, 2.75) is 11.7 Å². The van der Waals surface area contributed by atoms with Gasteiger partial charge in [-0.2, -0.15) is 0 Å². The van der Waals surface area contributed by atoms with Crippen LogP contribution in [0.1, 0.15) is 22.8 Å². The molecule has 21 heavy (non-hydrogen) atoms. The average Bonchev–Trinajstić information content (AvgIpc) is 2.55. The Kier molecular flexibility index (Phi) is 6.25. The molecule has 0 heterocycles. The summed E-state index contributed by atoms with van der Waals surface area (Å²) in [6, 6.07) is 20.2. The Morgan fingerprint density at radius 2 is 1.67 bits per heavy atom. The predicted octanol–water partition coefficient (Wildman–Crippen LogP) is 4.05. The van der Waals surface area contributed by atoms with Gasteiger partial charge in [0.25, 0.3) is 0 Å². The standard InChI is InChI=1S/C18H19NOS/c19-14-17(20)13-18(16-9-5-2-6-10-16)21-12-11-15-7-3-1-4-8-15/h1-12,18H,13-14,19H2. The van der Waals surface area contributed by atoms with E-state index in [1.165, 1.54) is 0 Å². The van der Waals surface area contributed by atoms with Crippen LogP contribution in [0.4, 0.5) is 0 Å². The number of hydrogen-bond acceptors (Lipinski definition) is 3. The first-order chi connectivity index (χ1) is 10.3. The van der Waals surface area contributed by atoms with Crippen LogP contribution in [0.3, 0.4) is 0 Å². The van der Waals surface area contributed by atoms with Gasteiger partial charge in [0, 0.05) is 11.7 Å². The average molecular weight is 297 g/mol. The van der Waals surface area contributed by atoms with Gasteiger partial charge in [0.05, 0.1) is 6.54 Å². The maximum atomic E-state index is 11.7. The lowest BCUT2D eigenvalue weighted by molar-refractivity contribution is -0.117. The second-order valence-corrected chi connectivity index (χ2v) is 5.81. The van der Waals surface area contributed by atoms with Crippen LogP contribution in [-0.2, 0) is 4.79 Å². The van der Waals surface area contributed by atoms with Crippen molar-refractivity contribution in [1.82, 2.24) is 0 Å². The van der Waals surface area contributed by atoms with Crippen LogP contribution >= 0.6 is 11.8 Å². The van der Waals surface area contributed by atoms with E-state index in [1.54, 1.807) is 11.8 Å². The van der Waals surface area contributed by atoms with E-state index in [1.807, 2.05) is 36.4 Å². The fourth-order valence-electron chi connectivity index (χ4n) is 1.98. The van der Waals surface area contributed by atoms with Crippen LogP contribution < -0.4 is 5.73 Å². The summed E-state index contributed by atoms with van der Waals surface area (Å²) in [5.41, 5.74) is 7.75. The Morgan fingerprint density at radius 3 is 2.29 bits per heavy atom. The molecule has 2 aromatic rings. The summed E-state index contributed by atoms with van der Waals surface area (Å²) >= 11 is 1.66. The fourth-order valence-corrected chi connectivity index (χ4v) is 3.00. The molecule has 0 amide bonds. The Balaban J connectivity index is 2.06. The minimum absolute atomic E-state index is 0.0875. The van der Waals surface area contributed by atoms with Gasteiger partial charge >= 0.3 is 0 Å². The minimum atomic E-state index is 0.0875. The monoisotopic (exact) mass is 297 g/mol. The maximum absolute atomic E-state index is 11.7. The van der Waals surface area contributed by atoms with E-state index >= 15 is 0 Å². The van der Waals surface area contributed by atoms with Crippen molar-refractivity contribution in [3.63, 3.8) is 0 Å². The topological polar surface area (TPSA) is 43.1 Å². The van der Waals surface area contributed by atoms with Crippen LogP contribution in [-0.4, -0.2) is 12.3 Å². The van der Waals surface area contributed by atoms with Gasteiger partial charge in [-0.3, -0.25) is 4.79 Å². The summed E-state index contributed by atoms with van der Waals surface area (Å²) in [7, 11) is 0. The van der Waals surface area contributed by atoms with Gasteiger partial charge in [-0.1, -0.05) is 60.7 Å². The van der Waals surface area contributed by atoms with E-state index in [0.717, 1.165) is 11.1 Å². The van der Waals surface area contributed by atoms with E-state index in [4.69, 9.17) is 5.73 Å². The molecule has 108 valence electrons. The quantitative estimate of drug-likeness (QED) is 0.838.